The Labute approximate surface area is 112 Å². The smallest absolute Gasteiger partial charge is 0.106 e. The first kappa shape index (κ1) is 12.0. The van der Waals surface area contributed by atoms with E-state index < -0.39 is 0 Å². The van der Waals surface area contributed by atoms with E-state index in [4.69, 9.17) is 4.98 Å². The van der Waals surface area contributed by atoms with Gasteiger partial charge in [0.1, 0.15) is 5.01 Å². The van der Waals surface area contributed by atoms with Crippen molar-refractivity contribution in [3.05, 3.63) is 15.6 Å². The molecule has 1 unspecified atom stereocenters. The molecule has 0 bridgehead atoms. The summed E-state index contributed by atoms with van der Waals surface area (Å²) in [5.41, 5.74) is 1.25. The lowest BCUT2D eigenvalue weighted by Gasteiger charge is -2.18. The first-order valence-electron chi connectivity index (χ1n) is 6.64. The molecule has 1 aliphatic carbocycles. The van der Waals surface area contributed by atoms with E-state index in [9.17, 15) is 0 Å². The summed E-state index contributed by atoms with van der Waals surface area (Å²) < 4.78 is 0. The van der Waals surface area contributed by atoms with Gasteiger partial charge in [0.25, 0.3) is 0 Å². The molecule has 1 aromatic rings. The maximum atomic E-state index is 4.79. The van der Waals surface area contributed by atoms with Crippen LogP contribution in [0, 0.1) is 6.92 Å². The monoisotopic (exact) mass is 268 g/mol. The summed E-state index contributed by atoms with van der Waals surface area (Å²) in [5.74, 6) is 1.32. The fourth-order valence-electron chi connectivity index (χ4n) is 2.21. The summed E-state index contributed by atoms with van der Waals surface area (Å²) in [4.78, 5) is 6.25. The van der Waals surface area contributed by atoms with Crippen LogP contribution in [-0.4, -0.2) is 16.8 Å². The van der Waals surface area contributed by atoms with Crippen LogP contribution in [0.4, 0.5) is 0 Å². The van der Waals surface area contributed by atoms with E-state index in [2.05, 4.69) is 24.0 Å². The third-order valence-electron chi connectivity index (χ3n) is 3.49. The number of nitrogens with one attached hydrogen (secondary N) is 1. The molecule has 2 heterocycles. The summed E-state index contributed by atoms with van der Waals surface area (Å²) in [6.07, 6.45) is 6.83. The SMILES string of the molecule is Cc1nc(C2CCCCS2)sc1CNC1CC1. The summed E-state index contributed by atoms with van der Waals surface area (Å²) >= 11 is 4.04. The second kappa shape index (κ2) is 5.29. The van der Waals surface area contributed by atoms with Crippen molar-refractivity contribution in [2.75, 3.05) is 5.75 Å². The quantitative estimate of drug-likeness (QED) is 0.902. The van der Waals surface area contributed by atoms with Gasteiger partial charge in [-0.2, -0.15) is 11.8 Å². The van der Waals surface area contributed by atoms with Crippen LogP contribution in [0.5, 0.6) is 0 Å². The zero-order valence-corrected chi connectivity index (χ0v) is 12.0. The van der Waals surface area contributed by atoms with E-state index in [-0.39, 0.29) is 0 Å². The van der Waals surface area contributed by atoms with Crippen molar-refractivity contribution in [1.82, 2.24) is 10.3 Å². The molecule has 1 aromatic heterocycles. The molecule has 0 radical (unpaired) electrons. The topological polar surface area (TPSA) is 24.9 Å². The van der Waals surface area contributed by atoms with E-state index in [0.717, 1.165) is 12.6 Å². The lowest BCUT2D eigenvalue weighted by molar-refractivity contribution is 0.682. The Kier molecular flexibility index (Phi) is 3.73. The second-order valence-electron chi connectivity index (χ2n) is 5.07. The van der Waals surface area contributed by atoms with E-state index in [1.165, 1.54) is 53.4 Å². The van der Waals surface area contributed by atoms with Crippen LogP contribution in [0.25, 0.3) is 0 Å². The largest absolute Gasteiger partial charge is 0.309 e. The summed E-state index contributed by atoms with van der Waals surface area (Å²) in [6, 6.07) is 0.795. The van der Waals surface area contributed by atoms with Gasteiger partial charge in [-0.05, 0) is 38.4 Å². The highest BCUT2D eigenvalue weighted by Crippen LogP contribution is 2.40. The van der Waals surface area contributed by atoms with Gasteiger partial charge in [-0.15, -0.1) is 11.3 Å². The van der Waals surface area contributed by atoms with Crippen LogP contribution in [0.3, 0.4) is 0 Å². The average molecular weight is 268 g/mol. The molecular weight excluding hydrogens is 248 g/mol. The summed E-state index contributed by atoms with van der Waals surface area (Å²) in [5, 5.41) is 5.65. The highest BCUT2D eigenvalue weighted by molar-refractivity contribution is 7.99. The van der Waals surface area contributed by atoms with Crippen molar-refractivity contribution >= 4 is 23.1 Å². The third-order valence-corrected chi connectivity index (χ3v) is 6.30. The minimum Gasteiger partial charge on any atom is -0.309 e. The van der Waals surface area contributed by atoms with Crippen LogP contribution in [0.1, 0.15) is 52.9 Å². The molecule has 0 amide bonds. The standard InChI is InChI=1S/C13H20N2S2/c1-9-12(8-14-10-5-6-10)17-13(15-9)11-4-2-3-7-16-11/h10-11,14H,2-8H2,1H3. The Balaban J connectivity index is 1.65. The zero-order valence-electron chi connectivity index (χ0n) is 10.4. The van der Waals surface area contributed by atoms with E-state index in [1.54, 1.807) is 0 Å². The molecule has 94 valence electrons. The minimum atomic E-state index is 0.683. The van der Waals surface area contributed by atoms with Gasteiger partial charge in [-0.1, -0.05) is 6.42 Å². The highest BCUT2D eigenvalue weighted by Gasteiger charge is 2.23. The Morgan fingerprint density at radius 2 is 2.18 bits per heavy atom. The first-order chi connectivity index (χ1) is 8.33. The lowest BCUT2D eigenvalue weighted by atomic mass is 10.2. The summed E-state index contributed by atoms with van der Waals surface area (Å²) in [6.45, 7) is 3.20. The van der Waals surface area contributed by atoms with Crippen molar-refractivity contribution < 1.29 is 0 Å². The summed E-state index contributed by atoms with van der Waals surface area (Å²) in [7, 11) is 0. The number of aromatic nitrogens is 1. The molecule has 1 aliphatic heterocycles. The van der Waals surface area contributed by atoms with E-state index in [1.807, 2.05) is 11.3 Å². The van der Waals surface area contributed by atoms with Gasteiger partial charge >= 0.3 is 0 Å². The number of thioether (sulfide) groups is 1. The molecule has 4 heteroatoms. The molecule has 1 saturated heterocycles. The van der Waals surface area contributed by atoms with Crippen LogP contribution < -0.4 is 5.32 Å². The molecule has 2 aliphatic rings. The van der Waals surface area contributed by atoms with Crippen LogP contribution >= 0.6 is 23.1 Å². The zero-order chi connectivity index (χ0) is 11.7. The van der Waals surface area contributed by atoms with Crippen molar-refractivity contribution in [2.24, 2.45) is 0 Å². The molecule has 2 nitrogen and oxygen atoms in total. The fourth-order valence-corrected chi connectivity index (χ4v) is 4.78. The van der Waals surface area contributed by atoms with Crippen molar-refractivity contribution in [3.8, 4) is 0 Å². The molecule has 0 aromatic carbocycles. The molecule has 17 heavy (non-hydrogen) atoms. The number of hydrogen-bond donors (Lipinski definition) is 1. The van der Waals surface area contributed by atoms with Crippen LogP contribution in [0.15, 0.2) is 0 Å². The number of hydrogen-bond acceptors (Lipinski definition) is 4. The fraction of sp³-hybridized carbons (Fsp3) is 0.769. The highest BCUT2D eigenvalue weighted by atomic mass is 32.2. The van der Waals surface area contributed by atoms with Crippen LogP contribution in [-0.2, 0) is 6.54 Å². The maximum absolute atomic E-state index is 4.79. The lowest BCUT2D eigenvalue weighted by Crippen LogP contribution is -2.14. The van der Waals surface area contributed by atoms with Gasteiger partial charge in [0.2, 0.25) is 0 Å². The second-order valence-corrected chi connectivity index (χ2v) is 7.50. The molecular formula is C13H20N2S2. The van der Waals surface area contributed by atoms with Crippen molar-refractivity contribution in [2.45, 2.75) is 56.9 Å². The third kappa shape index (κ3) is 3.04. The molecule has 1 atom stereocenters. The van der Waals surface area contributed by atoms with Gasteiger partial charge in [0.15, 0.2) is 0 Å². The number of nitrogens with zero attached hydrogens (tertiary/aromatic N) is 1. The predicted octanol–water partition coefficient (Wildman–Crippen LogP) is 3.66. The normalized spacial score (nSPS) is 25.1. The molecule has 1 saturated carbocycles. The molecule has 2 fully saturated rings. The van der Waals surface area contributed by atoms with E-state index >= 15 is 0 Å². The molecule has 3 rings (SSSR count). The number of aryl methyl sites for hydroxylation is 1. The maximum Gasteiger partial charge on any atom is 0.106 e. The van der Waals surface area contributed by atoms with Crippen molar-refractivity contribution in [1.29, 1.82) is 0 Å². The van der Waals surface area contributed by atoms with Crippen LogP contribution in [0.2, 0.25) is 0 Å². The predicted molar refractivity (Wildman–Crippen MR) is 75.8 cm³/mol. The van der Waals surface area contributed by atoms with Gasteiger partial charge < -0.3 is 5.32 Å². The Hall–Kier alpha value is -0.0600. The van der Waals surface area contributed by atoms with Gasteiger partial charge in [-0.3, -0.25) is 0 Å². The Bertz CT molecular complexity index is 379. The Morgan fingerprint density at radius 3 is 2.88 bits per heavy atom. The van der Waals surface area contributed by atoms with Gasteiger partial charge in [0.05, 0.1) is 10.9 Å². The Morgan fingerprint density at radius 1 is 1.29 bits per heavy atom. The number of thiazole rings is 1. The van der Waals surface area contributed by atoms with Crippen molar-refractivity contribution in [3.63, 3.8) is 0 Å². The minimum absolute atomic E-state index is 0.683. The number of rotatable bonds is 4. The first-order valence-corrected chi connectivity index (χ1v) is 8.50. The molecule has 0 spiro atoms. The van der Waals surface area contributed by atoms with E-state index in [0.29, 0.717) is 5.25 Å². The van der Waals surface area contributed by atoms with Gasteiger partial charge in [-0.25, -0.2) is 4.98 Å². The molecule has 1 N–H and O–H groups in total. The average Bonchev–Trinajstić information content (AvgIpc) is 3.12. The van der Waals surface area contributed by atoms with Gasteiger partial charge in [0, 0.05) is 17.5 Å².